The van der Waals surface area contributed by atoms with Crippen LogP contribution in [0.3, 0.4) is 0 Å². The summed E-state index contributed by atoms with van der Waals surface area (Å²) in [6, 6.07) is 3.11. The minimum absolute atomic E-state index is 0.205. The van der Waals surface area contributed by atoms with Crippen molar-refractivity contribution in [1.82, 2.24) is 19.7 Å². The van der Waals surface area contributed by atoms with E-state index in [1.165, 1.54) is 6.92 Å². The third kappa shape index (κ3) is 7.72. The number of carbonyl (C=O) groups excluding carboxylic acids is 2. The van der Waals surface area contributed by atoms with Crippen LogP contribution in [0.2, 0.25) is 0 Å². The van der Waals surface area contributed by atoms with E-state index in [1.54, 1.807) is 27.9 Å². The smallest absolute Gasteiger partial charge is 0.410 e. The van der Waals surface area contributed by atoms with Crippen LogP contribution in [0.4, 0.5) is 25.1 Å². The number of anilines is 2. The molecule has 2 amide bonds. The van der Waals surface area contributed by atoms with Gasteiger partial charge in [0.05, 0.1) is 23.0 Å². The minimum atomic E-state index is -2.83. The summed E-state index contributed by atoms with van der Waals surface area (Å²) >= 11 is 0. The molecule has 0 radical (unpaired) electrons. The molecule has 4 heterocycles. The molecule has 0 spiro atoms. The molecule has 41 heavy (non-hydrogen) atoms. The molecule has 0 bridgehead atoms. The summed E-state index contributed by atoms with van der Waals surface area (Å²) in [6.45, 7) is 12.7. The molecular weight excluding hydrogens is 534 g/mol. The molecule has 2 atom stereocenters. The van der Waals surface area contributed by atoms with E-state index in [4.69, 9.17) is 9.47 Å². The van der Waals surface area contributed by atoms with E-state index >= 15 is 0 Å². The number of pyridine rings is 1. The number of piperazine rings is 1. The standard InChI is InChI=1S/C29H42F2N6O4/c1-18(2)15-20-16-35(12-13-36(20)28(39)41-29(4,5)6)23-11-10-22(33-25(23)26(30)31)21-17-37(24-9-7-8-14-40-24)34-27(21)32-19(3)38/h10-11,17-18,20,24,26H,7-9,12-16H2,1-6H3,(H,32,34,38). The molecule has 0 aliphatic carbocycles. The number of nitrogens with zero attached hydrogens (tertiary/aromatic N) is 5. The topological polar surface area (TPSA) is 102 Å². The van der Waals surface area contributed by atoms with Crippen molar-refractivity contribution in [2.75, 3.05) is 36.5 Å². The van der Waals surface area contributed by atoms with Crippen molar-refractivity contribution in [2.24, 2.45) is 5.92 Å². The molecular formula is C29H42F2N6O4. The van der Waals surface area contributed by atoms with Crippen molar-refractivity contribution in [3.63, 3.8) is 0 Å². The highest BCUT2D eigenvalue weighted by atomic mass is 19.3. The lowest BCUT2D eigenvalue weighted by atomic mass is 9.99. The van der Waals surface area contributed by atoms with Gasteiger partial charge in [-0.25, -0.2) is 23.2 Å². The van der Waals surface area contributed by atoms with Crippen LogP contribution in [0.25, 0.3) is 11.3 Å². The molecule has 0 saturated carbocycles. The maximum atomic E-state index is 14.5. The van der Waals surface area contributed by atoms with E-state index in [0.717, 1.165) is 19.3 Å². The lowest BCUT2D eigenvalue weighted by Crippen LogP contribution is -2.56. The highest BCUT2D eigenvalue weighted by Gasteiger charge is 2.35. The first-order chi connectivity index (χ1) is 19.3. The van der Waals surface area contributed by atoms with Gasteiger partial charge in [-0.1, -0.05) is 13.8 Å². The van der Waals surface area contributed by atoms with Gasteiger partial charge in [0.25, 0.3) is 6.43 Å². The molecule has 10 nitrogen and oxygen atoms in total. The second-order valence-corrected chi connectivity index (χ2v) is 12.2. The normalized spacial score (nSPS) is 20.0. The zero-order valence-corrected chi connectivity index (χ0v) is 24.8. The summed E-state index contributed by atoms with van der Waals surface area (Å²) in [7, 11) is 0. The summed E-state index contributed by atoms with van der Waals surface area (Å²) in [6.07, 6.45) is 1.59. The van der Waals surface area contributed by atoms with Gasteiger partial charge in [-0.05, 0) is 64.5 Å². The zero-order valence-electron chi connectivity index (χ0n) is 24.8. The fourth-order valence-electron chi connectivity index (χ4n) is 5.34. The summed E-state index contributed by atoms with van der Waals surface area (Å²) in [5.41, 5.74) is 0.0558. The SMILES string of the molecule is CC(=O)Nc1nn(C2CCCCO2)cc1-c1ccc(N2CCN(C(=O)OC(C)(C)C)C(CC(C)C)C2)c(C(F)F)n1. The molecule has 4 rings (SSSR count). The molecule has 2 aliphatic rings. The number of alkyl halides is 2. The number of rotatable bonds is 7. The lowest BCUT2D eigenvalue weighted by molar-refractivity contribution is -0.114. The van der Waals surface area contributed by atoms with Crippen LogP contribution in [-0.2, 0) is 14.3 Å². The van der Waals surface area contributed by atoms with Gasteiger partial charge in [0.1, 0.15) is 17.5 Å². The fraction of sp³-hybridized carbons (Fsp3) is 0.655. The van der Waals surface area contributed by atoms with E-state index < -0.39 is 18.1 Å². The Labute approximate surface area is 240 Å². The second-order valence-electron chi connectivity index (χ2n) is 12.2. The molecule has 2 aromatic rings. The average molecular weight is 577 g/mol. The first-order valence-corrected chi connectivity index (χ1v) is 14.3. The third-order valence-corrected chi connectivity index (χ3v) is 7.06. The first kappa shape index (κ1) is 30.7. The van der Waals surface area contributed by atoms with Crippen molar-refractivity contribution in [3.05, 3.63) is 24.0 Å². The molecule has 1 N–H and O–H groups in total. The van der Waals surface area contributed by atoms with Gasteiger partial charge in [-0.2, -0.15) is 5.10 Å². The van der Waals surface area contributed by atoms with Crippen molar-refractivity contribution in [3.8, 4) is 11.3 Å². The third-order valence-electron chi connectivity index (χ3n) is 7.06. The van der Waals surface area contributed by atoms with Crippen LogP contribution in [0.5, 0.6) is 0 Å². The number of ether oxygens (including phenoxy) is 2. The Hall–Kier alpha value is -3.28. The van der Waals surface area contributed by atoms with E-state index in [1.807, 2.05) is 25.7 Å². The van der Waals surface area contributed by atoms with Gasteiger partial charge in [0.15, 0.2) is 5.82 Å². The number of amides is 2. The van der Waals surface area contributed by atoms with Crippen LogP contribution < -0.4 is 10.2 Å². The molecule has 2 unspecified atom stereocenters. The summed E-state index contributed by atoms with van der Waals surface area (Å²) in [5.74, 6) is 0.206. The quantitative estimate of drug-likeness (QED) is 0.431. The van der Waals surface area contributed by atoms with Crippen molar-refractivity contribution >= 4 is 23.5 Å². The second kappa shape index (κ2) is 12.7. The van der Waals surface area contributed by atoms with Gasteiger partial charge >= 0.3 is 6.09 Å². The summed E-state index contributed by atoms with van der Waals surface area (Å²) < 4.78 is 42.1. The molecule has 2 aromatic heterocycles. The molecule has 12 heteroatoms. The van der Waals surface area contributed by atoms with Crippen molar-refractivity contribution < 1.29 is 27.8 Å². The van der Waals surface area contributed by atoms with E-state index in [0.29, 0.717) is 43.9 Å². The van der Waals surface area contributed by atoms with Crippen LogP contribution in [-0.4, -0.2) is 69.5 Å². The number of halogens is 2. The largest absolute Gasteiger partial charge is 0.444 e. The van der Waals surface area contributed by atoms with E-state index in [9.17, 15) is 18.4 Å². The number of hydrogen-bond donors (Lipinski definition) is 1. The van der Waals surface area contributed by atoms with Gasteiger partial charge < -0.3 is 24.6 Å². The Balaban J connectivity index is 1.64. The molecule has 2 saturated heterocycles. The minimum Gasteiger partial charge on any atom is -0.444 e. The number of nitrogens with one attached hydrogen (secondary N) is 1. The molecule has 2 fully saturated rings. The Morgan fingerprint density at radius 1 is 1.20 bits per heavy atom. The van der Waals surface area contributed by atoms with Crippen LogP contribution in [0.15, 0.2) is 18.3 Å². The Morgan fingerprint density at radius 3 is 2.56 bits per heavy atom. The summed E-state index contributed by atoms with van der Waals surface area (Å²) in [5, 5.41) is 7.20. The number of hydrogen-bond acceptors (Lipinski definition) is 7. The number of carbonyl (C=O) groups is 2. The predicted octanol–water partition coefficient (Wildman–Crippen LogP) is 6.01. The predicted molar refractivity (Wildman–Crippen MR) is 152 cm³/mol. The number of aromatic nitrogens is 3. The van der Waals surface area contributed by atoms with Gasteiger partial charge in [-0.3, -0.25) is 4.79 Å². The summed E-state index contributed by atoms with van der Waals surface area (Å²) in [4.78, 5) is 32.8. The monoisotopic (exact) mass is 576 g/mol. The van der Waals surface area contributed by atoms with Crippen LogP contribution >= 0.6 is 0 Å². The Morgan fingerprint density at radius 2 is 1.95 bits per heavy atom. The average Bonchev–Trinajstić information content (AvgIpc) is 3.30. The maximum Gasteiger partial charge on any atom is 0.410 e. The Kier molecular flexibility index (Phi) is 9.51. The molecule has 226 valence electrons. The van der Waals surface area contributed by atoms with Gasteiger partial charge in [-0.15, -0.1) is 0 Å². The Bertz CT molecular complexity index is 1220. The van der Waals surface area contributed by atoms with Crippen LogP contribution in [0.1, 0.15) is 85.6 Å². The zero-order chi connectivity index (χ0) is 29.9. The van der Waals surface area contributed by atoms with Crippen molar-refractivity contribution in [2.45, 2.75) is 91.5 Å². The van der Waals surface area contributed by atoms with Gasteiger partial charge in [0.2, 0.25) is 5.91 Å². The van der Waals surface area contributed by atoms with Crippen LogP contribution in [0, 0.1) is 5.92 Å². The molecule has 0 aromatic carbocycles. The molecule has 2 aliphatic heterocycles. The first-order valence-electron chi connectivity index (χ1n) is 14.3. The van der Waals surface area contributed by atoms with E-state index in [2.05, 4.69) is 29.2 Å². The lowest BCUT2D eigenvalue weighted by Gasteiger charge is -2.43. The van der Waals surface area contributed by atoms with Crippen molar-refractivity contribution in [1.29, 1.82) is 0 Å². The maximum absolute atomic E-state index is 14.5. The van der Waals surface area contributed by atoms with Gasteiger partial charge in [0, 0.05) is 39.4 Å². The highest BCUT2D eigenvalue weighted by Crippen LogP contribution is 2.36. The fourth-order valence-corrected chi connectivity index (χ4v) is 5.34. The highest BCUT2D eigenvalue weighted by molar-refractivity contribution is 5.92. The van der Waals surface area contributed by atoms with E-state index in [-0.39, 0.29) is 41.3 Å².